The Kier molecular flexibility index (Phi) is 11.1. The second-order valence-corrected chi connectivity index (χ2v) is 5.39. The first-order valence-electron chi connectivity index (χ1n) is 4.08. The molecule has 1 amide bonds. The van der Waals surface area contributed by atoms with Gasteiger partial charge in [0.05, 0.1) is 6.61 Å². The summed E-state index contributed by atoms with van der Waals surface area (Å²) in [5, 5.41) is 2.75. The molecule has 0 heterocycles. The minimum absolute atomic E-state index is 0.0435. The molecular formula is C7H16NO2PS2. The minimum atomic E-state index is 0.0435. The summed E-state index contributed by atoms with van der Waals surface area (Å²) in [6.07, 6.45) is 1.07. The first kappa shape index (κ1) is 13.6. The molecule has 0 aliphatic carbocycles. The van der Waals surface area contributed by atoms with E-state index in [0.29, 0.717) is 0 Å². The summed E-state index contributed by atoms with van der Waals surface area (Å²) in [7, 11) is 5.85. The average molecular weight is 241 g/mol. The first-order chi connectivity index (χ1) is 6.27. The van der Waals surface area contributed by atoms with Crippen molar-refractivity contribution in [3.05, 3.63) is 0 Å². The van der Waals surface area contributed by atoms with Gasteiger partial charge in [-0.15, -0.1) is 0 Å². The molecule has 1 unspecified atom stereocenters. The smallest absolute Gasteiger partial charge is 0.216 e. The lowest BCUT2D eigenvalue weighted by atomic mass is 10.5. The molecule has 0 bridgehead atoms. The molecule has 13 heavy (non-hydrogen) atoms. The fourth-order valence-corrected chi connectivity index (χ4v) is 2.72. The van der Waals surface area contributed by atoms with Crippen molar-refractivity contribution in [1.82, 2.24) is 5.32 Å². The molecule has 1 N–H and O–H groups in total. The van der Waals surface area contributed by atoms with E-state index in [1.54, 1.807) is 10.8 Å². The van der Waals surface area contributed by atoms with Crippen LogP contribution in [0.3, 0.4) is 0 Å². The predicted octanol–water partition coefficient (Wildman–Crippen LogP) is 1.70. The Labute approximate surface area is 89.8 Å². The fourth-order valence-electron chi connectivity index (χ4n) is 0.588. The van der Waals surface area contributed by atoms with Gasteiger partial charge in [-0.05, 0) is 6.42 Å². The summed E-state index contributed by atoms with van der Waals surface area (Å²) in [6.45, 7) is 3.09. The zero-order chi connectivity index (χ0) is 9.94. The second kappa shape index (κ2) is 10.6. The standard InChI is InChI=1S/C7H16NO2PS2/c1-7(9)8-3-6-13-12-5-2-4-10-11/h2-6,11H2,1H3,(H,8,9). The monoisotopic (exact) mass is 241 g/mol. The summed E-state index contributed by atoms with van der Waals surface area (Å²) in [6, 6.07) is 0. The van der Waals surface area contributed by atoms with Crippen molar-refractivity contribution in [2.45, 2.75) is 13.3 Å². The highest BCUT2D eigenvalue weighted by molar-refractivity contribution is 8.76. The Bertz CT molecular complexity index is 138. The SMILES string of the molecule is CC(=O)NCCSSCCCOP. The molecular weight excluding hydrogens is 225 g/mol. The molecule has 0 fully saturated rings. The lowest BCUT2D eigenvalue weighted by Gasteiger charge is -2.01. The van der Waals surface area contributed by atoms with E-state index >= 15 is 0 Å². The lowest BCUT2D eigenvalue weighted by Crippen LogP contribution is -2.22. The van der Waals surface area contributed by atoms with Crippen LogP contribution in [0, 0.1) is 0 Å². The van der Waals surface area contributed by atoms with Gasteiger partial charge in [-0.2, -0.15) is 0 Å². The maximum absolute atomic E-state index is 10.5. The van der Waals surface area contributed by atoms with Gasteiger partial charge in [0, 0.05) is 34.4 Å². The Morgan fingerprint density at radius 1 is 1.46 bits per heavy atom. The van der Waals surface area contributed by atoms with Gasteiger partial charge in [0.1, 0.15) is 0 Å². The van der Waals surface area contributed by atoms with Gasteiger partial charge in [-0.3, -0.25) is 4.79 Å². The van der Waals surface area contributed by atoms with Crippen LogP contribution in [0.25, 0.3) is 0 Å². The van der Waals surface area contributed by atoms with Crippen molar-refractivity contribution < 1.29 is 9.32 Å². The zero-order valence-electron chi connectivity index (χ0n) is 7.75. The van der Waals surface area contributed by atoms with Crippen molar-refractivity contribution in [3.63, 3.8) is 0 Å². The maximum Gasteiger partial charge on any atom is 0.216 e. The minimum Gasteiger partial charge on any atom is -0.366 e. The van der Waals surface area contributed by atoms with E-state index < -0.39 is 0 Å². The van der Waals surface area contributed by atoms with Crippen molar-refractivity contribution in [2.24, 2.45) is 0 Å². The van der Waals surface area contributed by atoms with Gasteiger partial charge in [-0.1, -0.05) is 21.6 Å². The van der Waals surface area contributed by atoms with Crippen LogP contribution in [-0.2, 0) is 9.32 Å². The third-order valence-electron chi connectivity index (χ3n) is 1.13. The number of hydrogen-bond acceptors (Lipinski definition) is 4. The third-order valence-corrected chi connectivity index (χ3v) is 3.86. The van der Waals surface area contributed by atoms with Gasteiger partial charge in [0.2, 0.25) is 5.91 Å². The molecule has 0 radical (unpaired) electrons. The Balaban J connectivity index is 2.87. The van der Waals surface area contributed by atoms with Crippen LogP contribution in [0.4, 0.5) is 0 Å². The van der Waals surface area contributed by atoms with E-state index in [1.807, 2.05) is 10.8 Å². The molecule has 78 valence electrons. The highest BCUT2D eigenvalue weighted by Gasteiger charge is 1.92. The van der Waals surface area contributed by atoms with Gasteiger partial charge >= 0.3 is 0 Å². The second-order valence-electron chi connectivity index (χ2n) is 2.35. The van der Waals surface area contributed by atoms with E-state index in [2.05, 4.69) is 14.8 Å². The summed E-state index contributed by atoms with van der Waals surface area (Å²) in [5.74, 6) is 2.10. The van der Waals surface area contributed by atoms with E-state index in [-0.39, 0.29) is 5.91 Å². The van der Waals surface area contributed by atoms with E-state index in [1.165, 1.54) is 6.92 Å². The van der Waals surface area contributed by atoms with Gasteiger partial charge in [0.15, 0.2) is 0 Å². The number of carbonyl (C=O) groups excluding carboxylic acids is 1. The quantitative estimate of drug-likeness (QED) is 0.399. The van der Waals surface area contributed by atoms with Crippen molar-refractivity contribution in [2.75, 3.05) is 24.7 Å². The summed E-state index contributed by atoms with van der Waals surface area (Å²) < 4.78 is 4.84. The van der Waals surface area contributed by atoms with Crippen LogP contribution in [0.1, 0.15) is 13.3 Å². The zero-order valence-corrected chi connectivity index (χ0v) is 10.5. The van der Waals surface area contributed by atoms with Crippen LogP contribution in [0.2, 0.25) is 0 Å². The Morgan fingerprint density at radius 3 is 2.77 bits per heavy atom. The molecule has 0 aliphatic heterocycles. The first-order valence-corrected chi connectivity index (χ1v) is 7.04. The molecule has 0 spiro atoms. The number of nitrogens with one attached hydrogen (secondary N) is 1. The third kappa shape index (κ3) is 12.6. The number of hydrogen-bond donors (Lipinski definition) is 1. The Morgan fingerprint density at radius 2 is 2.15 bits per heavy atom. The molecule has 0 aromatic heterocycles. The summed E-state index contributed by atoms with van der Waals surface area (Å²) in [4.78, 5) is 10.5. The molecule has 0 aromatic rings. The van der Waals surface area contributed by atoms with Crippen LogP contribution in [-0.4, -0.2) is 30.6 Å². The fraction of sp³-hybridized carbons (Fsp3) is 0.857. The molecule has 0 saturated carbocycles. The predicted molar refractivity (Wildman–Crippen MR) is 63.9 cm³/mol. The lowest BCUT2D eigenvalue weighted by molar-refractivity contribution is -0.118. The maximum atomic E-state index is 10.5. The number of carbonyl (C=O) groups is 1. The molecule has 0 rings (SSSR count). The van der Waals surface area contributed by atoms with E-state index in [4.69, 9.17) is 4.52 Å². The van der Waals surface area contributed by atoms with Crippen molar-refractivity contribution in [1.29, 1.82) is 0 Å². The normalized spacial score (nSPS) is 10.0. The van der Waals surface area contributed by atoms with Crippen LogP contribution in [0.5, 0.6) is 0 Å². The summed E-state index contributed by atoms with van der Waals surface area (Å²) in [5.41, 5.74) is 0. The molecule has 0 aliphatic rings. The van der Waals surface area contributed by atoms with Crippen molar-refractivity contribution in [3.8, 4) is 0 Å². The topological polar surface area (TPSA) is 38.3 Å². The largest absolute Gasteiger partial charge is 0.366 e. The van der Waals surface area contributed by atoms with Crippen LogP contribution < -0.4 is 5.32 Å². The molecule has 0 saturated heterocycles. The van der Waals surface area contributed by atoms with Gasteiger partial charge in [0.25, 0.3) is 0 Å². The van der Waals surface area contributed by atoms with Crippen LogP contribution >= 0.6 is 31.1 Å². The van der Waals surface area contributed by atoms with Gasteiger partial charge < -0.3 is 9.84 Å². The molecule has 3 nitrogen and oxygen atoms in total. The van der Waals surface area contributed by atoms with E-state index in [0.717, 1.165) is 31.1 Å². The highest BCUT2D eigenvalue weighted by Crippen LogP contribution is 2.20. The highest BCUT2D eigenvalue weighted by atomic mass is 33.1. The Hall–Kier alpha value is 0.560. The van der Waals surface area contributed by atoms with Gasteiger partial charge in [-0.25, -0.2) is 0 Å². The molecule has 0 aromatic carbocycles. The van der Waals surface area contributed by atoms with E-state index in [9.17, 15) is 4.79 Å². The summed E-state index contributed by atoms with van der Waals surface area (Å²) >= 11 is 0. The molecule has 6 heteroatoms. The van der Waals surface area contributed by atoms with Crippen molar-refractivity contribution >= 4 is 37.0 Å². The number of rotatable bonds is 8. The molecule has 1 atom stereocenters. The number of amides is 1. The van der Waals surface area contributed by atoms with Crippen LogP contribution in [0.15, 0.2) is 0 Å². The average Bonchev–Trinajstić information content (AvgIpc) is 2.09.